The molecule has 1 aromatic carbocycles. The van der Waals surface area contributed by atoms with E-state index in [-0.39, 0.29) is 31.6 Å². The molecule has 1 aliphatic rings. The zero-order chi connectivity index (χ0) is 21.8. The molecule has 3 amide bonds. The molecule has 1 unspecified atom stereocenters. The lowest BCUT2D eigenvalue weighted by molar-refractivity contribution is -0.137. The van der Waals surface area contributed by atoms with Crippen LogP contribution in [0.1, 0.15) is 24.0 Å². The predicted octanol–water partition coefficient (Wildman–Crippen LogP) is 3.75. The van der Waals surface area contributed by atoms with Crippen molar-refractivity contribution in [3.05, 3.63) is 59.9 Å². The van der Waals surface area contributed by atoms with Crippen molar-refractivity contribution >= 4 is 17.6 Å². The van der Waals surface area contributed by atoms with Crippen molar-refractivity contribution < 1.29 is 27.2 Å². The largest absolute Gasteiger partial charge is 0.416 e. The van der Waals surface area contributed by atoms with Crippen molar-refractivity contribution in [1.82, 2.24) is 15.2 Å². The number of alkyl halides is 4. The minimum atomic E-state index is -4.55. The lowest BCUT2D eigenvalue weighted by Gasteiger charge is -2.36. The molecular weight excluding hydrogens is 404 g/mol. The maximum atomic E-state index is 15.2. The van der Waals surface area contributed by atoms with Crippen molar-refractivity contribution in [2.24, 2.45) is 0 Å². The van der Waals surface area contributed by atoms with Crippen LogP contribution in [-0.4, -0.2) is 40.6 Å². The Balaban J connectivity index is 1.62. The fraction of sp³-hybridized carbons (Fsp3) is 0.350. The minimum Gasteiger partial charge on any atom is -0.349 e. The maximum absolute atomic E-state index is 15.2. The molecule has 3 rings (SSSR count). The minimum absolute atomic E-state index is 0.0563. The molecule has 6 nitrogen and oxygen atoms in total. The Morgan fingerprint density at radius 1 is 1.20 bits per heavy atom. The SMILES string of the molecule is O=C(Nc1cccc(C(F)(F)F)c1)N1CCCC(F)(C(=O)NCc2cccnc2)C1. The smallest absolute Gasteiger partial charge is 0.349 e. The second-order valence-electron chi connectivity index (χ2n) is 7.04. The van der Waals surface area contributed by atoms with Crippen LogP contribution < -0.4 is 10.6 Å². The Kier molecular flexibility index (Phi) is 6.23. The summed E-state index contributed by atoms with van der Waals surface area (Å²) in [5.41, 5.74) is -2.56. The number of likely N-dealkylation sites (tertiary alicyclic amines) is 1. The molecule has 0 spiro atoms. The van der Waals surface area contributed by atoms with E-state index < -0.39 is 35.9 Å². The second kappa shape index (κ2) is 8.68. The van der Waals surface area contributed by atoms with Crippen molar-refractivity contribution in [1.29, 1.82) is 0 Å². The molecule has 1 aromatic heterocycles. The Labute approximate surface area is 170 Å². The van der Waals surface area contributed by atoms with E-state index in [1.807, 2.05) is 0 Å². The summed E-state index contributed by atoms with van der Waals surface area (Å²) in [5, 5.41) is 4.84. The van der Waals surface area contributed by atoms with E-state index in [1.165, 1.54) is 12.1 Å². The molecule has 160 valence electrons. The van der Waals surface area contributed by atoms with Crippen LogP contribution in [0.4, 0.5) is 28.0 Å². The van der Waals surface area contributed by atoms with Gasteiger partial charge in [-0.1, -0.05) is 12.1 Å². The third kappa shape index (κ3) is 5.25. The Bertz CT molecular complexity index is 907. The quantitative estimate of drug-likeness (QED) is 0.735. The number of urea groups is 1. The molecule has 1 fully saturated rings. The number of carbonyl (C=O) groups excluding carboxylic acids is 2. The monoisotopic (exact) mass is 424 g/mol. The molecule has 30 heavy (non-hydrogen) atoms. The van der Waals surface area contributed by atoms with Gasteiger partial charge < -0.3 is 15.5 Å². The number of piperidine rings is 1. The molecule has 0 radical (unpaired) electrons. The second-order valence-corrected chi connectivity index (χ2v) is 7.04. The summed E-state index contributed by atoms with van der Waals surface area (Å²) in [4.78, 5) is 29.8. The van der Waals surface area contributed by atoms with Gasteiger partial charge in [-0.3, -0.25) is 9.78 Å². The number of aromatic nitrogens is 1. The van der Waals surface area contributed by atoms with Crippen molar-refractivity contribution in [3.8, 4) is 0 Å². The van der Waals surface area contributed by atoms with E-state index in [0.717, 1.165) is 17.0 Å². The highest BCUT2D eigenvalue weighted by atomic mass is 19.4. The first kappa shape index (κ1) is 21.5. The topological polar surface area (TPSA) is 74.3 Å². The molecule has 10 heteroatoms. The Morgan fingerprint density at radius 3 is 2.70 bits per heavy atom. The zero-order valence-corrected chi connectivity index (χ0v) is 15.9. The van der Waals surface area contributed by atoms with Gasteiger partial charge in [0.05, 0.1) is 12.1 Å². The van der Waals surface area contributed by atoms with Crippen LogP contribution in [0, 0.1) is 0 Å². The number of carbonyl (C=O) groups is 2. The fourth-order valence-electron chi connectivity index (χ4n) is 3.19. The molecule has 0 aliphatic carbocycles. The van der Waals surface area contributed by atoms with Gasteiger partial charge >= 0.3 is 12.2 Å². The van der Waals surface area contributed by atoms with Gasteiger partial charge in [0.25, 0.3) is 5.91 Å². The number of pyridine rings is 1. The van der Waals surface area contributed by atoms with E-state index in [2.05, 4.69) is 15.6 Å². The highest BCUT2D eigenvalue weighted by Crippen LogP contribution is 2.31. The van der Waals surface area contributed by atoms with Gasteiger partial charge in [-0.2, -0.15) is 13.2 Å². The molecule has 2 N–H and O–H groups in total. The summed E-state index contributed by atoms with van der Waals surface area (Å²) in [6.45, 7) is -0.211. The van der Waals surface area contributed by atoms with Gasteiger partial charge in [-0.05, 0) is 42.7 Å². The summed E-state index contributed by atoms with van der Waals surface area (Å²) < 4.78 is 53.7. The zero-order valence-electron chi connectivity index (χ0n) is 15.9. The van der Waals surface area contributed by atoms with Crippen LogP contribution >= 0.6 is 0 Å². The van der Waals surface area contributed by atoms with Crippen molar-refractivity contribution in [2.45, 2.75) is 31.2 Å². The number of nitrogens with zero attached hydrogens (tertiary/aromatic N) is 2. The van der Waals surface area contributed by atoms with Crippen molar-refractivity contribution in [3.63, 3.8) is 0 Å². The number of halogens is 4. The number of rotatable bonds is 4. The van der Waals surface area contributed by atoms with Gasteiger partial charge in [0, 0.05) is 31.2 Å². The number of anilines is 1. The van der Waals surface area contributed by atoms with Crippen LogP contribution in [0.2, 0.25) is 0 Å². The van der Waals surface area contributed by atoms with Gasteiger partial charge in [0.1, 0.15) is 0 Å². The summed E-state index contributed by atoms with van der Waals surface area (Å²) in [7, 11) is 0. The van der Waals surface area contributed by atoms with Gasteiger partial charge in [-0.15, -0.1) is 0 Å². The van der Waals surface area contributed by atoms with E-state index >= 15 is 4.39 Å². The maximum Gasteiger partial charge on any atom is 0.416 e. The van der Waals surface area contributed by atoms with Crippen LogP contribution in [0.15, 0.2) is 48.8 Å². The van der Waals surface area contributed by atoms with E-state index in [0.29, 0.717) is 5.56 Å². The summed E-state index contributed by atoms with van der Waals surface area (Å²) in [6, 6.07) is 6.80. The first-order valence-electron chi connectivity index (χ1n) is 9.27. The van der Waals surface area contributed by atoms with Crippen LogP contribution in [-0.2, 0) is 17.5 Å². The number of hydrogen-bond donors (Lipinski definition) is 2. The molecule has 2 heterocycles. The van der Waals surface area contributed by atoms with Gasteiger partial charge in [0.2, 0.25) is 5.67 Å². The highest BCUT2D eigenvalue weighted by molar-refractivity contribution is 5.91. The lowest BCUT2D eigenvalue weighted by atomic mass is 9.93. The summed E-state index contributed by atoms with van der Waals surface area (Å²) >= 11 is 0. The standard InChI is InChI=1S/C20H20F4N4O2/c21-19(17(29)26-12-14-4-2-8-25-11-14)7-3-9-28(13-19)18(30)27-16-6-1-5-15(10-16)20(22,23)24/h1-2,4-6,8,10-11H,3,7,9,12-13H2,(H,26,29)(H,27,30). The number of benzene rings is 1. The lowest BCUT2D eigenvalue weighted by Crippen LogP contribution is -2.56. The molecule has 0 bridgehead atoms. The third-order valence-corrected chi connectivity index (χ3v) is 4.75. The number of hydrogen-bond acceptors (Lipinski definition) is 3. The molecule has 1 aliphatic heterocycles. The average molecular weight is 424 g/mol. The van der Waals surface area contributed by atoms with Crippen LogP contribution in [0.25, 0.3) is 0 Å². The Hall–Kier alpha value is -3.17. The van der Waals surface area contributed by atoms with Crippen molar-refractivity contribution in [2.75, 3.05) is 18.4 Å². The molecule has 0 saturated carbocycles. The molecule has 1 atom stereocenters. The highest BCUT2D eigenvalue weighted by Gasteiger charge is 2.44. The third-order valence-electron chi connectivity index (χ3n) is 4.75. The first-order valence-corrected chi connectivity index (χ1v) is 9.27. The summed E-state index contributed by atoms with van der Waals surface area (Å²) in [5.74, 6) is -0.845. The molecular formula is C20H20F4N4O2. The fourth-order valence-corrected chi connectivity index (χ4v) is 3.19. The normalized spacial score (nSPS) is 19.3. The predicted molar refractivity (Wildman–Crippen MR) is 101 cm³/mol. The van der Waals surface area contributed by atoms with Gasteiger partial charge in [-0.25, -0.2) is 9.18 Å². The average Bonchev–Trinajstić information content (AvgIpc) is 2.72. The van der Waals surface area contributed by atoms with Crippen LogP contribution in [0.5, 0.6) is 0 Å². The summed E-state index contributed by atoms with van der Waals surface area (Å²) in [6.07, 6.45) is -1.25. The molecule has 1 saturated heterocycles. The Morgan fingerprint density at radius 2 is 2.00 bits per heavy atom. The number of nitrogens with one attached hydrogen (secondary N) is 2. The molecule has 2 aromatic rings. The van der Waals surface area contributed by atoms with E-state index in [4.69, 9.17) is 0 Å². The van der Waals surface area contributed by atoms with Crippen LogP contribution in [0.3, 0.4) is 0 Å². The van der Waals surface area contributed by atoms with E-state index in [9.17, 15) is 22.8 Å². The van der Waals surface area contributed by atoms with Gasteiger partial charge in [0.15, 0.2) is 0 Å². The van der Waals surface area contributed by atoms with E-state index in [1.54, 1.807) is 24.5 Å². The number of amides is 3. The first-order chi connectivity index (χ1) is 14.2.